The number of hydrogen-bond acceptors (Lipinski definition) is 5. The zero-order valence-corrected chi connectivity index (χ0v) is 17.2. The molecule has 0 radical (unpaired) electrons. The highest BCUT2D eigenvalue weighted by atomic mass is 16.5. The van der Waals surface area contributed by atoms with Gasteiger partial charge in [0.2, 0.25) is 0 Å². The third kappa shape index (κ3) is 4.92. The van der Waals surface area contributed by atoms with Gasteiger partial charge in [0.05, 0.1) is 5.39 Å². The Bertz CT molecular complexity index is 1140. The molecule has 2 heterocycles. The Labute approximate surface area is 180 Å². The van der Waals surface area contributed by atoms with Crippen molar-refractivity contribution in [3.05, 3.63) is 78.8 Å². The number of aromatic amines is 1. The fourth-order valence-electron chi connectivity index (χ4n) is 3.30. The van der Waals surface area contributed by atoms with Gasteiger partial charge in [0.15, 0.2) is 0 Å². The highest BCUT2D eigenvalue weighted by Gasteiger charge is 2.16. The van der Waals surface area contributed by atoms with Crippen molar-refractivity contribution in [2.24, 2.45) is 0 Å². The van der Waals surface area contributed by atoms with Crippen LogP contribution in [0.1, 0.15) is 5.56 Å². The Kier molecular flexibility index (Phi) is 6.27. The number of benzene rings is 2. The summed E-state index contributed by atoms with van der Waals surface area (Å²) in [5.41, 5.74) is 2.75. The van der Waals surface area contributed by atoms with Crippen LogP contribution in [-0.2, 0) is 6.61 Å². The molecule has 0 saturated heterocycles. The van der Waals surface area contributed by atoms with Crippen molar-refractivity contribution in [1.29, 1.82) is 0 Å². The summed E-state index contributed by atoms with van der Waals surface area (Å²) in [6.45, 7) is 1.43. The van der Waals surface area contributed by atoms with E-state index in [0.717, 1.165) is 33.9 Å². The Morgan fingerprint density at radius 3 is 2.81 bits per heavy atom. The fourth-order valence-corrected chi connectivity index (χ4v) is 3.30. The molecule has 8 nitrogen and oxygen atoms in total. The van der Waals surface area contributed by atoms with E-state index in [0.29, 0.717) is 19.7 Å². The summed E-state index contributed by atoms with van der Waals surface area (Å²) < 4.78 is 5.90. The van der Waals surface area contributed by atoms with Gasteiger partial charge in [-0.1, -0.05) is 30.3 Å². The third-order valence-corrected chi connectivity index (χ3v) is 4.81. The van der Waals surface area contributed by atoms with Crippen molar-refractivity contribution in [2.75, 3.05) is 25.0 Å². The number of fused-ring (bicyclic) bond motifs is 1. The molecule has 0 aliphatic heterocycles. The second kappa shape index (κ2) is 9.62. The first kappa shape index (κ1) is 20.2. The van der Waals surface area contributed by atoms with Crippen LogP contribution in [-0.4, -0.2) is 41.1 Å². The van der Waals surface area contributed by atoms with E-state index in [4.69, 9.17) is 4.74 Å². The molecular formula is C23H24N6O2. The summed E-state index contributed by atoms with van der Waals surface area (Å²) in [5.74, 6) is 1.59. The number of nitrogens with zero attached hydrogens (tertiary/aromatic N) is 3. The minimum atomic E-state index is -0.223. The second-order valence-electron chi connectivity index (χ2n) is 6.87. The van der Waals surface area contributed by atoms with Crippen molar-refractivity contribution in [3.63, 3.8) is 0 Å². The van der Waals surface area contributed by atoms with Gasteiger partial charge >= 0.3 is 6.03 Å². The van der Waals surface area contributed by atoms with Crippen molar-refractivity contribution in [2.45, 2.75) is 6.61 Å². The first-order valence-corrected chi connectivity index (χ1v) is 10.0. The Balaban J connectivity index is 1.60. The fraction of sp³-hybridized carbons (Fsp3) is 0.174. The number of H-pyrrole nitrogens is 1. The number of rotatable bonds is 8. The second-order valence-corrected chi connectivity index (χ2v) is 6.87. The average Bonchev–Trinajstić information content (AvgIpc) is 3.30. The van der Waals surface area contributed by atoms with Gasteiger partial charge in [0, 0.05) is 32.0 Å². The van der Waals surface area contributed by atoms with Crippen LogP contribution in [0.5, 0.6) is 5.75 Å². The molecule has 4 rings (SSSR count). The van der Waals surface area contributed by atoms with Gasteiger partial charge < -0.3 is 25.3 Å². The van der Waals surface area contributed by atoms with Gasteiger partial charge in [-0.05, 0) is 35.9 Å². The number of hydrogen-bond donors (Lipinski definition) is 3. The number of urea groups is 1. The molecule has 0 fully saturated rings. The Morgan fingerprint density at radius 2 is 1.97 bits per heavy atom. The molecule has 0 bridgehead atoms. The number of carbonyl (C=O) groups is 1. The number of aromatic nitrogens is 3. The van der Waals surface area contributed by atoms with Gasteiger partial charge in [-0.3, -0.25) is 0 Å². The van der Waals surface area contributed by atoms with Gasteiger partial charge in [0.1, 0.15) is 30.1 Å². The Hall–Kier alpha value is -4.07. The van der Waals surface area contributed by atoms with Gasteiger partial charge in [-0.15, -0.1) is 0 Å². The molecule has 0 spiro atoms. The summed E-state index contributed by atoms with van der Waals surface area (Å²) in [4.78, 5) is 25.6. The van der Waals surface area contributed by atoms with E-state index in [-0.39, 0.29) is 6.03 Å². The molecule has 2 amide bonds. The number of para-hydroxylation sites is 1. The average molecular weight is 416 g/mol. The number of amides is 2. The molecule has 3 N–H and O–H groups in total. The SMILES string of the molecule is CNC(=O)NCCN(c1cccc(COc2ccccc2)c1)c1ncnc2[nH]ccc12. The van der Waals surface area contributed by atoms with Crippen molar-refractivity contribution >= 4 is 28.6 Å². The molecule has 0 atom stereocenters. The van der Waals surface area contributed by atoms with Gasteiger partial charge in [-0.25, -0.2) is 14.8 Å². The van der Waals surface area contributed by atoms with E-state index < -0.39 is 0 Å². The van der Waals surface area contributed by atoms with Crippen LogP contribution in [0.4, 0.5) is 16.3 Å². The molecule has 158 valence electrons. The van der Waals surface area contributed by atoms with Crippen molar-refractivity contribution in [1.82, 2.24) is 25.6 Å². The third-order valence-electron chi connectivity index (χ3n) is 4.81. The number of nitrogens with one attached hydrogen (secondary N) is 3. The molecule has 0 saturated carbocycles. The first-order valence-electron chi connectivity index (χ1n) is 10.0. The lowest BCUT2D eigenvalue weighted by atomic mass is 10.2. The van der Waals surface area contributed by atoms with E-state index >= 15 is 0 Å². The number of carbonyl (C=O) groups excluding carboxylic acids is 1. The molecule has 0 aliphatic carbocycles. The molecule has 2 aromatic heterocycles. The van der Waals surface area contributed by atoms with Crippen molar-refractivity contribution < 1.29 is 9.53 Å². The van der Waals surface area contributed by atoms with E-state index in [1.807, 2.05) is 60.8 Å². The maximum Gasteiger partial charge on any atom is 0.314 e. The molecule has 31 heavy (non-hydrogen) atoms. The smallest absolute Gasteiger partial charge is 0.314 e. The highest BCUT2D eigenvalue weighted by molar-refractivity contribution is 5.89. The maximum absolute atomic E-state index is 11.6. The topological polar surface area (TPSA) is 95.2 Å². The summed E-state index contributed by atoms with van der Waals surface area (Å²) >= 11 is 0. The minimum absolute atomic E-state index is 0.223. The summed E-state index contributed by atoms with van der Waals surface area (Å²) in [5, 5.41) is 6.32. The monoisotopic (exact) mass is 416 g/mol. The van der Waals surface area contributed by atoms with Crippen LogP contribution in [0.15, 0.2) is 73.2 Å². The van der Waals surface area contributed by atoms with Gasteiger partial charge in [-0.2, -0.15) is 0 Å². The van der Waals surface area contributed by atoms with Crippen LogP contribution in [0.25, 0.3) is 11.0 Å². The Morgan fingerprint density at radius 1 is 1.10 bits per heavy atom. The predicted octanol–water partition coefficient (Wildman–Crippen LogP) is 3.60. The van der Waals surface area contributed by atoms with Crippen LogP contribution in [0.3, 0.4) is 0 Å². The standard InChI is InChI=1S/C23H24N6O2/c1-24-23(30)26-12-13-29(22-20-10-11-25-21(20)27-16-28-22)18-7-5-6-17(14-18)15-31-19-8-3-2-4-9-19/h2-11,14,16H,12-13,15H2,1H3,(H2,24,26,30)(H,25,27,28). The molecule has 0 aliphatic rings. The summed E-state index contributed by atoms with van der Waals surface area (Å²) in [7, 11) is 1.59. The van der Waals surface area contributed by atoms with Gasteiger partial charge in [0.25, 0.3) is 0 Å². The molecule has 4 aromatic rings. The zero-order valence-electron chi connectivity index (χ0n) is 17.2. The van der Waals surface area contributed by atoms with E-state index in [2.05, 4.69) is 36.6 Å². The lowest BCUT2D eigenvalue weighted by molar-refractivity contribution is 0.243. The van der Waals surface area contributed by atoms with Crippen LogP contribution < -0.4 is 20.3 Å². The zero-order chi connectivity index (χ0) is 21.5. The van der Waals surface area contributed by atoms with E-state index in [1.165, 1.54) is 6.33 Å². The minimum Gasteiger partial charge on any atom is -0.489 e. The normalized spacial score (nSPS) is 10.6. The van der Waals surface area contributed by atoms with Crippen molar-refractivity contribution in [3.8, 4) is 5.75 Å². The van der Waals surface area contributed by atoms with Crippen LogP contribution in [0.2, 0.25) is 0 Å². The van der Waals surface area contributed by atoms with E-state index in [1.54, 1.807) is 7.05 Å². The number of ether oxygens (including phenoxy) is 1. The number of anilines is 2. The lowest BCUT2D eigenvalue weighted by Crippen LogP contribution is -2.38. The first-order chi connectivity index (χ1) is 15.2. The van der Waals surface area contributed by atoms with E-state index in [9.17, 15) is 4.79 Å². The maximum atomic E-state index is 11.6. The molecule has 2 aromatic carbocycles. The lowest BCUT2D eigenvalue weighted by Gasteiger charge is -2.25. The molecule has 0 unspecified atom stereocenters. The summed E-state index contributed by atoms with van der Waals surface area (Å²) in [6.07, 6.45) is 3.38. The van der Waals surface area contributed by atoms with Crippen LogP contribution in [0, 0.1) is 0 Å². The molecular weight excluding hydrogens is 392 g/mol. The quantitative estimate of drug-likeness (QED) is 0.408. The molecule has 8 heteroatoms. The largest absolute Gasteiger partial charge is 0.489 e. The summed E-state index contributed by atoms with van der Waals surface area (Å²) in [6, 6.07) is 19.6. The predicted molar refractivity (Wildman–Crippen MR) is 121 cm³/mol. The highest BCUT2D eigenvalue weighted by Crippen LogP contribution is 2.29. The van der Waals surface area contributed by atoms with Crippen LogP contribution >= 0.6 is 0 Å².